The molecule has 1 aliphatic heterocycles. The highest BCUT2D eigenvalue weighted by Gasteiger charge is 2.29. The number of carbonyl (C=O) groups excluding carboxylic acids is 1. The van der Waals surface area contributed by atoms with Gasteiger partial charge in [0.15, 0.2) is 6.10 Å². The number of hydrogen-bond acceptors (Lipinski definition) is 4. The molecule has 2 rings (SSSR count). The molecule has 0 spiro atoms. The van der Waals surface area contributed by atoms with E-state index in [0.29, 0.717) is 25.3 Å². The molecule has 1 aromatic carbocycles. The Morgan fingerprint density at radius 3 is 2.53 bits per heavy atom. The van der Waals surface area contributed by atoms with Crippen LogP contribution in [0.1, 0.15) is 12.0 Å². The predicted molar refractivity (Wildman–Crippen MR) is 69.7 cm³/mol. The van der Waals surface area contributed by atoms with Crippen molar-refractivity contribution < 1.29 is 14.3 Å². The first-order valence-electron chi connectivity index (χ1n) is 5.13. The molecule has 4 nitrogen and oxygen atoms in total. The van der Waals surface area contributed by atoms with Gasteiger partial charge in [0.1, 0.15) is 5.75 Å². The minimum atomic E-state index is -0.522. The van der Waals surface area contributed by atoms with E-state index in [9.17, 15) is 4.79 Å². The molecule has 0 bridgehead atoms. The predicted octanol–water partition coefficient (Wildman–Crippen LogP) is 2.36. The van der Waals surface area contributed by atoms with Gasteiger partial charge >= 0.3 is 5.97 Å². The van der Waals surface area contributed by atoms with E-state index < -0.39 is 6.10 Å². The van der Waals surface area contributed by atoms with Crippen molar-refractivity contribution in [3.63, 3.8) is 0 Å². The molecule has 1 aromatic rings. The minimum absolute atomic E-state index is 0.313. The molecule has 6 heteroatoms. The topological polar surface area (TPSA) is 61.6 Å². The van der Waals surface area contributed by atoms with Crippen molar-refractivity contribution in [3.8, 4) is 5.75 Å². The molecule has 0 amide bonds. The number of halogens is 2. The standard InChI is InChI=1S/C11H11Br2NO3/c12-7-3-6(5-14)4-8(13)10(7)17-9-1-2-16-11(9)15/h3-4,9H,1-2,5,14H2. The van der Waals surface area contributed by atoms with Crippen LogP contribution in [0.5, 0.6) is 5.75 Å². The van der Waals surface area contributed by atoms with Gasteiger partial charge < -0.3 is 15.2 Å². The molecule has 0 saturated carbocycles. The summed E-state index contributed by atoms with van der Waals surface area (Å²) in [6.45, 7) is 0.864. The Balaban J connectivity index is 2.23. The third-order valence-corrected chi connectivity index (χ3v) is 3.62. The van der Waals surface area contributed by atoms with Crippen LogP contribution in [0, 0.1) is 0 Å². The Bertz CT molecular complexity index is 427. The van der Waals surface area contributed by atoms with Crippen LogP contribution >= 0.6 is 31.9 Å². The maximum Gasteiger partial charge on any atom is 0.347 e. The largest absolute Gasteiger partial charge is 0.476 e. The fourth-order valence-corrected chi connectivity index (χ4v) is 3.04. The van der Waals surface area contributed by atoms with Crippen LogP contribution in [0.25, 0.3) is 0 Å². The number of rotatable bonds is 3. The third-order valence-electron chi connectivity index (χ3n) is 2.44. The second-order valence-electron chi connectivity index (χ2n) is 3.66. The summed E-state index contributed by atoms with van der Waals surface area (Å²) in [5.74, 6) is 0.290. The van der Waals surface area contributed by atoms with Crippen molar-refractivity contribution in [2.45, 2.75) is 19.1 Å². The third kappa shape index (κ3) is 2.81. The van der Waals surface area contributed by atoms with Crippen molar-refractivity contribution in [2.75, 3.05) is 6.61 Å². The van der Waals surface area contributed by atoms with E-state index in [-0.39, 0.29) is 5.97 Å². The van der Waals surface area contributed by atoms with Crippen molar-refractivity contribution >= 4 is 37.8 Å². The maximum absolute atomic E-state index is 11.3. The molecular formula is C11H11Br2NO3. The van der Waals surface area contributed by atoms with E-state index in [0.717, 1.165) is 14.5 Å². The van der Waals surface area contributed by atoms with Crippen LogP contribution in [0.3, 0.4) is 0 Å². The molecule has 2 N–H and O–H groups in total. The summed E-state index contributed by atoms with van der Waals surface area (Å²) in [5.41, 5.74) is 6.54. The van der Waals surface area contributed by atoms with Gasteiger partial charge in [-0.3, -0.25) is 0 Å². The lowest BCUT2D eigenvalue weighted by atomic mass is 10.2. The number of nitrogens with two attached hydrogens (primary N) is 1. The fourth-order valence-electron chi connectivity index (χ4n) is 1.57. The van der Waals surface area contributed by atoms with Gasteiger partial charge in [0.25, 0.3) is 0 Å². The lowest BCUT2D eigenvalue weighted by molar-refractivity contribution is -0.143. The van der Waals surface area contributed by atoms with Crippen molar-refractivity contribution in [1.29, 1.82) is 0 Å². The summed E-state index contributed by atoms with van der Waals surface area (Å²) in [5, 5.41) is 0. The van der Waals surface area contributed by atoms with E-state index in [2.05, 4.69) is 31.9 Å². The van der Waals surface area contributed by atoms with Crippen LogP contribution in [0.2, 0.25) is 0 Å². The highest BCUT2D eigenvalue weighted by atomic mass is 79.9. The second-order valence-corrected chi connectivity index (χ2v) is 5.36. The minimum Gasteiger partial charge on any atom is -0.476 e. The van der Waals surface area contributed by atoms with Crippen LogP contribution in [-0.2, 0) is 16.1 Å². The van der Waals surface area contributed by atoms with Gasteiger partial charge in [-0.15, -0.1) is 0 Å². The second kappa shape index (κ2) is 5.37. The Labute approximate surface area is 116 Å². The van der Waals surface area contributed by atoms with E-state index in [1.807, 2.05) is 12.1 Å². The Hall–Kier alpha value is -0.590. The molecule has 1 atom stereocenters. The normalized spacial score (nSPS) is 19.2. The van der Waals surface area contributed by atoms with Crippen molar-refractivity contribution in [2.24, 2.45) is 5.73 Å². The first-order chi connectivity index (χ1) is 8.11. The quantitative estimate of drug-likeness (QED) is 0.836. The molecule has 1 fully saturated rings. The summed E-state index contributed by atoms with van der Waals surface area (Å²) < 4.78 is 12.0. The Morgan fingerprint density at radius 2 is 2.06 bits per heavy atom. The molecule has 0 aromatic heterocycles. The number of benzene rings is 1. The monoisotopic (exact) mass is 363 g/mol. The molecule has 1 unspecified atom stereocenters. The van der Waals surface area contributed by atoms with Crippen molar-refractivity contribution in [1.82, 2.24) is 0 Å². The fraction of sp³-hybridized carbons (Fsp3) is 0.364. The maximum atomic E-state index is 11.3. The number of cyclic esters (lactones) is 1. The first kappa shape index (κ1) is 12.9. The zero-order chi connectivity index (χ0) is 12.4. The Kier molecular flexibility index (Phi) is 4.06. The molecule has 0 radical (unpaired) electrons. The van der Waals surface area contributed by atoms with E-state index in [1.165, 1.54) is 0 Å². The van der Waals surface area contributed by atoms with Gasteiger partial charge in [-0.2, -0.15) is 0 Å². The molecule has 1 saturated heterocycles. The summed E-state index contributed by atoms with van der Waals surface area (Å²) >= 11 is 6.81. The smallest absolute Gasteiger partial charge is 0.347 e. The summed E-state index contributed by atoms with van der Waals surface area (Å²) in [4.78, 5) is 11.3. The van der Waals surface area contributed by atoms with E-state index in [1.54, 1.807) is 0 Å². The van der Waals surface area contributed by atoms with Crippen molar-refractivity contribution in [3.05, 3.63) is 26.6 Å². The molecule has 1 aliphatic rings. The van der Waals surface area contributed by atoms with Gasteiger partial charge in [-0.1, -0.05) is 0 Å². The highest BCUT2D eigenvalue weighted by Crippen LogP contribution is 2.36. The molecule has 92 valence electrons. The average Bonchev–Trinajstić information content (AvgIpc) is 2.69. The summed E-state index contributed by atoms with van der Waals surface area (Å²) in [6.07, 6.45) is 0.0578. The number of hydrogen-bond donors (Lipinski definition) is 1. The molecule has 17 heavy (non-hydrogen) atoms. The highest BCUT2D eigenvalue weighted by molar-refractivity contribution is 9.11. The van der Waals surface area contributed by atoms with Crippen LogP contribution in [0.4, 0.5) is 0 Å². The van der Waals surface area contributed by atoms with E-state index in [4.69, 9.17) is 15.2 Å². The molecule has 1 heterocycles. The lowest BCUT2D eigenvalue weighted by Gasteiger charge is -2.14. The van der Waals surface area contributed by atoms with Gasteiger partial charge in [-0.25, -0.2) is 4.79 Å². The van der Waals surface area contributed by atoms with Gasteiger partial charge in [-0.05, 0) is 49.6 Å². The first-order valence-corrected chi connectivity index (χ1v) is 6.71. The van der Waals surface area contributed by atoms with Crippen LogP contribution in [-0.4, -0.2) is 18.7 Å². The molecule has 0 aliphatic carbocycles. The van der Waals surface area contributed by atoms with Gasteiger partial charge in [0.05, 0.1) is 15.6 Å². The average molecular weight is 365 g/mol. The number of carbonyl (C=O) groups is 1. The lowest BCUT2D eigenvalue weighted by Crippen LogP contribution is -2.22. The summed E-state index contributed by atoms with van der Waals surface area (Å²) in [7, 11) is 0. The molecular weight excluding hydrogens is 354 g/mol. The van der Waals surface area contributed by atoms with Crippen LogP contribution in [0.15, 0.2) is 21.1 Å². The summed E-state index contributed by atoms with van der Waals surface area (Å²) in [6, 6.07) is 3.75. The zero-order valence-electron chi connectivity index (χ0n) is 8.91. The van der Waals surface area contributed by atoms with Gasteiger partial charge in [0.2, 0.25) is 0 Å². The van der Waals surface area contributed by atoms with E-state index >= 15 is 0 Å². The van der Waals surface area contributed by atoms with Crippen LogP contribution < -0.4 is 10.5 Å². The van der Waals surface area contributed by atoms with Gasteiger partial charge in [0, 0.05) is 13.0 Å². The number of esters is 1. The number of ether oxygens (including phenoxy) is 2. The SMILES string of the molecule is NCc1cc(Br)c(OC2CCOC2=O)c(Br)c1. The Morgan fingerprint density at radius 1 is 1.41 bits per heavy atom. The zero-order valence-corrected chi connectivity index (χ0v) is 12.1.